The van der Waals surface area contributed by atoms with E-state index in [1.165, 1.54) is 50.0 Å². The lowest BCUT2D eigenvalue weighted by Crippen LogP contribution is -2.38. The van der Waals surface area contributed by atoms with E-state index >= 15 is 0 Å². The number of hydrogen-bond donors (Lipinski definition) is 2. The van der Waals surface area contributed by atoms with Gasteiger partial charge >= 0.3 is 0 Å². The van der Waals surface area contributed by atoms with E-state index in [1.54, 1.807) is 0 Å². The quantitative estimate of drug-likeness (QED) is 0.875. The Morgan fingerprint density at radius 1 is 1.37 bits per heavy atom. The normalized spacial score (nSPS) is 30.9. The van der Waals surface area contributed by atoms with Gasteiger partial charge in [-0.15, -0.1) is 0 Å². The van der Waals surface area contributed by atoms with Crippen molar-refractivity contribution in [3.8, 4) is 0 Å². The number of rotatable bonds is 4. The van der Waals surface area contributed by atoms with E-state index in [9.17, 15) is 0 Å². The number of aryl methyl sites for hydroxylation is 2. The van der Waals surface area contributed by atoms with E-state index < -0.39 is 0 Å². The maximum absolute atomic E-state index is 4.53. The van der Waals surface area contributed by atoms with E-state index in [-0.39, 0.29) is 0 Å². The molecular weight excluding hydrogens is 236 g/mol. The molecule has 4 nitrogen and oxygen atoms in total. The summed E-state index contributed by atoms with van der Waals surface area (Å²) in [5, 5.41) is 12.0. The van der Waals surface area contributed by atoms with Crippen molar-refractivity contribution >= 4 is 5.69 Å². The summed E-state index contributed by atoms with van der Waals surface area (Å²) in [7, 11) is 2.01. The second-order valence-electron chi connectivity index (χ2n) is 6.07. The Kier molecular flexibility index (Phi) is 3.78. The first-order valence-corrected chi connectivity index (χ1v) is 7.80. The van der Waals surface area contributed by atoms with Crippen LogP contribution in [0.4, 0.5) is 5.69 Å². The highest BCUT2D eigenvalue weighted by atomic mass is 15.3. The molecule has 1 aromatic rings. The summed E-state index contributed by atoms with van der Waals surface area (Å²) >= 11 is 0. The molecule has 2 N–H and O–H groups in total. The van der Waals surface area contributed by atoms with Crippen molar-refractivity contribution in [2.24, 2.45) is 13.0 Å². The Morgan fingerprint density at radius 3 is 3.00 bits per heavy atom. The second-order valence-corrected chi connectivity index (χ2v) is 6.07. The van der Waals surface area contributed by atoms with Crippen LogP contribution in [0.3, 0.4) is 0 Å². The zero-order chi connectivity index (χ0) is 13.2. The first kappa shape index (κ1) is 13.0. The van der Waals surface area contributed by atoms with Gasteiger partial charge in [-0.1, -0.05) is 13.3 Å². The van der Waals surface area contributed by atoms with Crippen LogP contribution in [0.25, 0.3) is 0 Å². The van der Waals surface area contributed by atoms with Crippen molar-refractivity contribution in [3.63, 3.8) is 0 Å². The summed E-state index contributed by atoms with van der Waals surface area (Å²) in [6.07, 6.45) is 9.89. The third-order valence-corrected chi connectivity index (χ3v) is 4.77. The van der Waals surface area contributed by atoms with E-state index in [2.05, 4.69) is 28.9 Å². The van der Waals surface area contributed by atoms with Crippen LogP contribution in [0.1, 0.15) is 44.7 Å². The highest BCUT2D eigenvalue weighted by molar-refractivity contribution is 5.47. The van der Waals surface area contributed by atoms with Gasteiger partial charge in [-0.05, 0) is 44.6 Å². The zero-order valence-corrected chi connectivity index (χ0v) is 12.2. The third-order valence-electron chi connectivity index (χ3n) is 4.77. The lowest BCUT2D eigenvalue weighted by atomic mass is 9.93. The lowest BCUT2D eigenvalue weighted by Gasteiger charge is -2.27. The molecule has 1 aliphatic heterocycles. The molecule has 1 saturated heterocycles. The van der Waals surface area contributed by atoms with E-state index in [1.807, 2.05) is 11.7 Å². The molecule has 3 rings (SSSR count). The van der Waals surface area contributed by atoms with Crippen molar-refractivity contribution in [2.45, 2.75) is 57.5 Å². The summed E-state index contributed by atoms with van der Waals surface area (Å²) in [5.74, 6) is 0.799. The Bertz CT molecular complexity index is 420. The fourth-order valence-electron chi connectivity index (χ4n) is 3.84. The Hall–Kier alpha value is -1.03. The molecule has 3 atom stereocenters. The molecular formula is C15H26N4. The minimum absolute atomic E-state index is 0.630. The lowest BCUT2D eigenvalue weighted by molar-refractivity contribution is 0.376. The maximum atomic E-state index is 4.53. The predicted molar refractivity (Wildman–Crippen MR) is 78.4 cm³/mol. The Morgan fingerprint density at radius 2 is 2.26 bits per heavy atom. The molecule has 19 heavy (non-hydrogen) atoms. The first-order chi connectivity index (χ1) is 9.28. The molecule has 0 spiro atoms. The second kappa shape index (κ2) is 5.53. The van der Waals surface area contributed by atoms with Crippen LogP contribution in [0.15, 0.2) is 6.20 Å². The largest absolute Gasteiger partial charge is 0.379 e. The molecule has 2 heterocycles. The smallest absolute Gasteiger partial charge is 0.0853 e. The van der Waals surface area contributed by atoms with Crippen molar-refractivity contribution in [1.82, 2.24) is 15.1 Å². The molecule has 2 fully saturated rings. The van der Waals surface area contributed by atoms with Crippen LogP contribution in [0.5, 0.6) is 0 Å². The van der Waals surface area contributed by atoms with Crippen molar-refractivity contribution in [3.05, 3.63) is 11.9 Å². The Balaban J connectivity index is 1.70. The van der Waals surface area contributed by atoms with Crippen LogP contribution in [0.2, 0.25) is 0 Å². The molecule has 0 bridgehead atoms. The summed E-state index contributed by atoms with van der Waals surface area (Å²) in [6.45, 7) is 3.39. The third kappa shape index (κ3) is 2.64. The van der Waals surface area contributed by atoms with Gasteiger partial charge in [0.15, 0.2) is 0 Å². The van der Waals surface area contributed by atoms with Crippen molar-refractivity contribution in [1.29, 1.82) is 0 Å². The highest BCUT2D eigenvalue weighted by Crippen LogP contribution is 2.34. The SMILES string of the molecule is CCc1nn(C)cc1NC1CCCC1C1CCCN1. The molecule has 4 heteroatoms. The fraction of sp³-hybridized carbons (Fsp3) is 0.800. The number of anilines is 1. The topological polar surface area (TPSA) is 41.9 Å². The van der Waals surface area contributed by atoms with Gasteiger partial charge in [-0.3, -0.25) is 4.68 Å². The van der Waals surface area contributed by atoms with Crippen molar-refractivity contribution in [2.75, 3.05) is 11.9 Å². The molecule has 106 valence electrons. The van der Waals surface area contributed by atoms with Gasteiger partial charge < -0.3 is 10.6 Å². The van der Waals surface area contributed by atoms with Gasteiger partial charge in [0.2, 0.25) is 0 Å². The molecule has 2 aliphatic rings. The minimum Gasteiger partial charge on any atom is -0.379 e. The van der Waals surface area contributed by atoms with Gasteiger partial charge in [0, 0.05) is 25.3 Å². The number of hydrogen-bond acceptors (Lipinski definition) is 3. The summed E-state index contributed by atoms with van der Waals surface area (Å²) in [4.78, 5) is 0. The van der Waals surface area contributed by atoms with Gasteiger partial charge in [-0.25, -0.2) is 0 Å². The van der Waals surface area contributed by atoms with Gasteiger partial charge in [-0.2, -0.15) is 5.10 Å². The van der Waals surface area contributed by atoms with Crippen LogP contribution in [-0.2, 0) is 13.5 Å². The molecule has 0 radical (unpaired) electrons. The van der Waals surface area contributed by atoms with Crippen molar-refractivity contribution < 1.29 is 0 Å². The number of aromatic nitrogens is 2. The minimum atomic E-state index is 0.630. The molecule has 0 aromatic carbocycles. The van der Waals surface area contributed by atoms with E-state index in [4.69, 9.17) is 0 Å². The predicted octanol–water partition coefficient (Wildman–Crippen LogP) is 2.32. The molecule has 3 unspecified atom stereocenters. The standard InChI is InChI=1S/C15H26N4/c1-3-12-15(10-19(2)18-12)17-14-7-4-6-11(14)13-8-5-9-16-13/h10-11,13-14,16-17H,3-9H2,1-2H3. The summed E-state index contributed by atoms with van der Waals surface area (Å²) in [5.41, 5.74) is 2.45. The van der Waals surface area contributed by atoms with Crippen LogP contribution < -0.4 is 10.6 Å². The zero-order valence-electron chi connectivity index (χ0n) is 12.2. The number of nitrogens with zero attached hydrogens (tertiary/aromatic N) is 2. The molecule has 1 aromatic heterocycles. The monoisotopic (exact) mass is 262 g/mol. The summed E-state index contributed by atoms with van der Waals surface area (Å²) in [6, 6.07) is 1.37. The van der Waals surface area contributed by atoms with E-state index in [0.717, 1.165) is 18.4 Å². The Labute approximate surface area is 116 Å². The first-order valence-electron chi connectivity index (χ1n) is 7.80. The van der Waals surface area contributed by atoms with E-state index in [0.29, 0.717) is 6.04 Å². The fourth-order valence-corrected chi connectivity index (χ4v) is 3.84. The highest BCUT2D eigenvalue weighted by Gasteiger charge is 2.35. The molecule has 0 amide bonds. The average Bonchev–Trinajstić information content (AvgIpc) is 3.09. The van der Waals surface area contributed by atoms with Gasteiger partial charge in [0.05, 0.1) is 11.4 Å². The van der Waals surface area contributed by atoms with Gasteiger partial charge in [0.25, 0.3) is 0 Å². The van der Waals surface area contributed by atoms with Crippen LogP contribution in [0, 0.1) is 5.92 Å². The summed E-state index contributed by atoms with van der Waals surface area (Å²) < 4.78 is 1.93. The van der Waals surface area contributed by atoms with Crippen LogP contribution in [-0.4, -0.2) is 28.4 Å². The van der Waals surface area contributed by atoms with Crippen LogP contribution >= 0.6 is 0 Å². The van der Waals surface area contributed by atoms with Gasteiger partial charge in [0.1, 0.15) is 0 Å². The molecule has 1 saturated carbocycles. The maximum Gasteiger partial charge on any atom is 0.0853 e. The number of nitrogens with one attached hydrogen (secondary N) is 2. The average molecular weight is 262 g/mol. The molecule has 1 aliphatic carbocycles.